The van der Waals surface area contributed by atoms with Gasteiger partial charge >= 0.3 is 0 Å². The zero-order valence-corrected chi connectivity index (χ0v) is 17.3. The van der Waals surface area contributed by atoms with Crippen LogP contribution in [0.15, 0.2) is 48.7 Å². The molecule has 1 atom stereocenters. The highest BCUT2D eigenvalue weighted by Crippen LogP contribution is 2.38. The third kappa shape index (κ3) is 3.97. The van der Waals surface area contributed by atoms with Crippen LogP contribution in [0.4, 0.5) is 0 Å². The van der Waals surface area contributed by atoms with Crippen molar-refractivity contribution in [1.82, 2.24) is 10.3 Å². The number of nitrogens with one attached hydrogen (secondary N) is 1. The van der Waals surface area contributed by atoms with Gasteiger partial charge in [0.1, 0.15) is 11.3 Å². The first-order valence-electron chi connectivity index (χ1n) is 9.46. The summed E-state index contributed by atoms with van der Waals surface area (Å²) in [5.41, 5.74) is 3.04. The Kier molecular flexibility index (Phi) is 5.90. The molecule has 0 aliphatic rings. The molecule has 0 fully saturated rings. The number of rotatable bonds is 5. The van der Waals surface area contributed by atoms with Gasteiger partial charge in [-0.25, -0.2) is 0 Å². The average molecular weight is 397 g/mol. The minimum Gasteiger partial charge on any atom is -0.505 e. The summed E-state index contributed by atoms with van der Waals surface area (Å²) in [5, 5.41) is 15.1. The molecule has 0 bridgehead atoms. The maximum atomic E-state index is 12.5. The van der Waals surface area contributed by atoms with E-state index in [-0.39, 0.29) is 17.6 Å². The van der Waals surface area contributed by atoms with Crippen molar-refractivity contribution in [2.45, 2.75) is 39.7 Å². The van der Waals surface area contributed by atoms with Gasteiger partial charge in [0.15, 0.2) is 0 Å². The predicted octanol–water partition coefficient (Wildman–Crippen LogP) is 5.58. The van der Waals surface area contributed by atoms with Crippen LogP contribution in [0.1, 0.15) is 56.3 Å². The Hall–Kier alpha value is -2.59. The van der Waals surface area contributed by atoms with Crippen molar-refractivity contribution in [2.75, 3.05) is 0 Å². The molecule has 3 rings (SSSR count). The highest BCUT2D eigenvalue weighted by molar-refractivity contribution is 6.35. The molecule has 0 aliphatic heterocycles. The molecule has 0 radical (unpaired) electrons. The second-order valence-electron chi connectivity index (χ2n) is 7.61. The van der Waals surface area contributed by atoms with Crippen LogP contribution in [0, 0.1) is 5.92 Å². The number of nitrogens with zero attached hydrogens (tertiary/aromatic N) is 1. The summed E-state index contributed by atoms with van der Waals surface area (Å²) >= 11 is 6.47. The van der Waals surface area contributed by atoms with Crippen molar-refractivity contribution in [3.05, 3.63) is 70.4 Å². The number of aromatic hydroxyl groups is 1. The van der Waals surface area contributed by atoms with Gasteiger partial charge in [0.2, 0.25) is 5.91 Å². The van der Waals surface area contributed by atoms with Crippen LogP contribution in [0.25, 0.3) is 10.9 Å². The second kappa shape index (κ2) is 8.19. The molecule has 4 nitrogen and oxygen atoms in total. The highest BCUT2D eigenvalue weighted by Gasteiger charge is 2.24. The molecule has 28 heavy (non-hydrogen) atoms. The van der Waals surface area contributed by atoms with E-state index in [1.54, 1.807) is 18.3 Å². The third-order valence-electron chi connectivity index (χ3n) is 4.90. The van der Waals surface area contributed by atoms with Gasteiger partial charge in [0.25, 0.3) is 0 Å². The van der Waals surface area contributed by atoms with E-state index in [1.165, 1.54) is 5.56 Å². The van der Waals surface area contributed by atoms with Gasteiger partial charge in [-0.3, -0.25) is 9.78 Å². The SMILES string of the molecule is CC(C)C(=O)N[C@H](c1ccc(C(C)C)cc1)c1cc(Cl)c2cccnc2c1O. The Labute approximate surface area is 170 Å². The molecule has 146 valence electrons. The number of phenols is 1. The van der Waals surface area contributed by atoms with E-state index in [0.717, 1.165) is 5.56 Å². The summed E-state index contributed by atoms with van der Waals surface area (Å²) in [4.78, 5) is 16.8. The van der Waals surface area contributed by atoms with Gasteiger partial charge in [0.05, 0.1) is 11.1 Å². The quantitative estimate of drug-likeness (QED) is 0.591. The Morgan fingerprint density at radius 1 is 1.07 bits per heavy atom. The van der Waals surface area contributed by atoms with Gasteiger partial charge in [-0.1, -0.05) is 63.6 Å². The Morgan fingerprint density at radius 2 is 1.71 bits per heavy atom. The molecule has 1 amide bonds. The summed E-state index contributed by atoms with van der Waals surface area (Å²) in [6, 6.07) is 12.8. The maximum absolute atomic E-state index is 12.5. The molecular weight excluding hydrogens is 372 g/mol. The number of hydrogen-bond acceptors (Lipinski definition) is 3. The van der Waals surface area contributed by atoms with Crippen LogP contribution in [0.3, 0.4) is 0 Å². The standard InChI is InChI=1S/C23H25ClN2O2/c1-13(2)15-7-9-16(10-8-15)20(26-23(28)14(3)4)18-12-19(24)17-6-5-11-25-21(17)22(18)27/h5-14,20,27H,1-4H3,(H,26,28)/t20-/m1/s1. The first-order chi connectivity index (χ1) is 13.3. The number of fused-ring (bicyclic) bond motifs is 1. The molecule has 1 aromatic heterocycles. The number of aromatic nitrogens is 1. The number of benzene rings is 2. The maximum Gasteiger partial charge on any atom is 0.223 e. The van der Waals surface area contributed by atoms with E-state index < -0.39 is 6.04 Å². The number of halogens is 1. The summed E-state index contributed by atoms with van der Waals surface area (Å²) in [7, 11) is 0. The van der Waals surface area contributed by atoms with Crippen LogP contribution < -0.4 is 5.32 Å². The lowest BCUT2D eigenvalue weighted by molar-refractivity contribution is -0.124. The lowest BCUT2D eigenvalue weighted by atomic mass is 9.93. The smallest absolute Gasteiger partial charge is 0.223 e. The van der Waals surface area contributed by atoms with E-state index in [9.17, 15) is 9.90 Å². The van der Waals surface area contributed by atoms with Crippen LogP contribution in [-0.2, 0) is 4.79 Å². The van der Waals surface area contributed by atoms with Gasteiger partial charge in [-0.15, -0.1) is 0 Å². The Bertz CT molecular complexity index is 997. The molecule has 3 aromatic rings. The number of carbonyl (C=O) groups excluding carboxylic acids is 1. The van der Waals surface area contributed by atoms with E-state index in [1.807, 2.05) is 44.2 Å². The van der Waals surface area contributed by atoms with Crippen molar-refractivity contribution in [3.8, 4) is 5.75 Å². The summed E-state index contributed by atoms with van der Waals surface area (Å²) in [6.45, 7) is 7.94. The van der Waals surface area contributed by atoms with Gasteiger partial charge in [-0.05, 0) is 35.2 Å². The second-order valence-corrected chi connectivity index (χ2v) is 8.02. The van der Waals surface area contributed by atoms with Crippen LogP contribution in [0.2, 0.25) is 5.02 Å². The molecule has 5 heteroatoms. The van der Waals surface area contributed by atoms with Crippen molar-refractivity contribution in [3.63, 3.8) is 0 Å². The summed E-state index contributed by atoms with van der Waals surface area (Å²) in [6.07, 6.45) is 1.61. The zero-order valence-electron chi connectivity index (χ0n) is 16.5. The molecule has 0 aliphatic carbocycles. The molecule has 0 saturated carbocycles. The van der Waals surface area contributed by atoms with Crippen molar-refractivity contribution >= 4 is 28.4 Å². The molecule has 0 spiro atoms. The van der Waals surface area contributed by atoms with E-state index in [2.05, 4.69) is 24.1 Å². The lowest BCUT2D eigenvalue weighted by Crippen LogP contribution is -2.32. The molecule has 0 saturated heterocycles. The summed E-state index contributed by atoms with van der Waals surface area (Å²) in [5.74, 6) is 0.149. The fraction of sp³-hybridized carbons (Fsp3) is 0.304. The number of carbonyl (C=O) groups is 1. The lowest BCUT2D eigenvalue weighted by Gasteiger charge is -2.23. The fourth-order valence-electron chi connectivity index (χ4n) is 3.15. The normalized spacial score (nSPS) is 12.5. The Balaban J connectivity index is 2.15. The largest absolute Gasteiger partial charge is 0.505 e. The van der Waals surface area contributed by atoms with Gasteiger partial charge in [0, 0.05) is 23.1 Å². The number of phenolic OH excluding ortho intramolecular Hbond substituents is 1. The monoisotopic (exact) mass is 396 g/mol. The first kappa shape index (κ1) is 20.2. The minimum absolute atomic E-state index is 0.0296. The van der Waals surface area contributed by atoms with Crippen molar-refractivity contribution in [1.29, 1.82) is 0 Å². The van der Waals surface area contributed by atoms with Crippen molar-refractivity contribution < 1.29 is 9.90 Å². The molecule has 0 unspecified atom stereocenters. The highest BCUT2D eigenvalue weighted by atomic mass is 35.5. The topological polar surface area (TPSA) is 62.2 Å². The Morgan fingerprint density at radius 3 is 2.32 bits per heavy atom. The fourth-order valence-corrected chi connectivity index (χ4v) is 3.42. The van der Waals surface area contributed by atoms with E-state index in [0.29, 0.717) is 27.4 Å². The molecular formula is C23H25ClN2O2. The van der Waals surface area contributed by atoms with E-state index in [4.69, 9.17) is 11.6 Å². The molecule has 2 N–H and O–H groups in total. The minimum atomic E-state index is -0.528. The zero-order chi connectivity index (χ0) is 20.4. The van der Waals surface area contributed by atoms with Crippen LogP contribution in [-0.4, -0.2) is 16.0 Å². The molecule has 2 aromatic carbocycles. The number of amides is 1. The summed E-state index contributed by atoms with van der Waals surface area (Å²) < 4.78 is 0. The molecule has 1 heterocycles. The van der Waals surface area contributed by atoms with Gasteiger partial charge < -0.3 is 10.4 Å². The van der Waals surface area contributed by atoms with Crippen LogP contribution in [0.5, 0.6) is 5.75 Å². The van der Waals surface area contributed by atoms with E-state index >= 15 is 0 Å². The van der Waals surface area contributed by atoms with Crippen molar-refractivity contribution in [2.24, 2.45) is 5.92 Å². The third-order valence-corrected chi connectivity index (χ3v) is 5.22. The van der Waals surface area contributed by atoms with Gasteiger partial charge in [-0.2, -0.15) is 0 Å². The first-order valence-corrected chi connectivity index (χ1v) is 9.83. The average Bonchev–Trinajstić information content (AvgIpc) is 2.69. The number of hydrogen-bond donors (Lipinski definition) is 2. The predicted molar refractivity (Wildman–Crippen MR) is 114 cm³/mol. The number of pyridine rings is 1. The van der Waals surface area contributed by atoms with Crippen LogP contribution >= 0.6 is 11.6 Å².